The van der Waals surface area contributed by atoms with Crippen LogP contribution < -0.4 is 16.2 Å². The molecule has 0 spiro atoms. The zero-order valence-corrected chi connectivity index (χ0v) is 21.4. The summed E-state index contributed by atoms with van der Waals surface area (Å²) in [6.45, 7) is 0.566. The Bertz CT molecular complexity index is 1410. The Labute approximate surface area is 223 Å². The Morgan fingerprint density at radius 2 is 1.68 bits per heavy atom. The van der Waals surface area contributed by atoms with Gasteiger partial charge in [-0.2, -0.15) is 0 Å². The van der Waals surface area contributed by atoms with Gasteiger partial charge in [-0.3, -0.25) is 23.7 Å². The Kier molecular flexibility index (Phi) is 8.23. The summed E-state index contributed by atoms with van der Waals surface area (Å²) < 4.78 is 21.2. The van der Waals surface area contributed by atoms with Crippen molar-refractivity contribution < 1.29 is 23.5 Å². The smallest absolute Gasteiger partial charge is 0.255 e. The molecule has 0 radical (unpaired) electrons. The van der Waals surface area contributed by atoms with E-state index in [2.05, 4.69) is 10.6 Å². The van der Waals surface area contributed by atoms with E-state index in [1.165, 1.54) is 41.0 Å². The minimum Gasteiger partial charge on any atom is -0.383 e. The first-order chi connectivity index (χ1) is 18.2. The second kappa shape index (κ2) is 11.6. The van der Waals surface area contributed by atoms with E-state index in [1.54, 1.807) is 43.4 Å². The van der Waals surface area contributed by atoms with Crippen LogP contribution >= 0.6 is 11.6 Å². The Morgan fingerprint density at radius 3 is 2.32 bits per heavy atom. The van der Waals surface area contributed by atoms with E-state index in [0.29, 0.717) is 10.7 Å². The summed E-state index contributed by atoms with van der Waals surface area (Å²) in [6, 6.07) is 14.9. The minimum absolute atomic E-state index is 0.134. The van der Waals surface area contributed by atoms with Gasteiger partial charge in [-0.1, -0.05) is 17.7 Å². The Morgan fingerprint density at radius 1 is 1.00 bits per heavy atom. The maximum absolute atomic E-state index is 14.9. The number of benzene rings is 2. The van der Waals surface area contributed by atoms with Crippen LogP contribution in [0.5, 0.6) is 0 Å². The molecule has 198 valence electrons. The summed E-state index contributed by atoms with van der Waals surface area (Å²) in [6.07, 6.45) is 1.50. The second-order valence-corrected chi connectivity index (χ2v) is 9.32. The fourth-order valence-electron chi connectivity index (χ4n) is 4.23. The molecule has 0 bridgehead atoms. The number of halogens is 2. The van der Waals surface area contributed by atoms with Gasteiger partial charge in [-0.25, -0.2) is 4.39 Å². The third-order valence-electron chi connectivity index (χ3n) is 6.34. The first kappa shape index (κ1) is 27.0. The number of hydrogen-bond acceptors (Lipinski definition) is 5. The standard InChI is InChI=1S/C27H26ClFN4O5/c1-32(13-14-38-2)27(37)24-22(25(35)30-17-8-6-16(28)7-9-17)23(24)26(36)31-20-11-10-18(15-19(20)29)33-12-4-3-5-21(33)34/h3-12,15,22-24H,13-14H2,1-2H3,(H,30,35)(H,31,36)/t22-,23+,24+/m1/s1. The minimum atomic E-state index is -1.00. The summed E-state index contributed by atoms with van der Waals surface area (Å²) in [5.74, 6) is -5.21. The molecule has 1 aromatic heterocycles. The summed E-state index contributed by atoms with van der Waals surface area (Å²) >= 11 is 5.90. The molecule has 38 heavy (non-hydrogen) atoms. The average molecular weight is 541 g/mol. The molecule has 3 atom stereocenters. The first-order valence-electron chi connectivity index (χ1n) is 11.8. The van der Waals surface area contributed by atoms with Crippen LogP contribution in [0.1, 0.15) is 0 Å². The van der Waals surface area contributed by atoms with E-state index >= 15 is 0 Å². The normalized spacial score (nSPS) is 17.9. The highest BCUT2D eigenvalue weighted by molar-refractivity contribution is 6.30. The predicted octanol–water partition coefficient (Wildman–Crippen LogP) is 3.17. The summed E-state index contributed by atoms with van der Waals surface area (Å²) in [7, 11) is 3.06. The number of carbonyl (C=O) groups is 3. The fourth-order valence-corrected chi connectivity index (χ4v) is 4.36. The Balaban J connectivity index is 1.53. The maximum Gasteiger partial charge on any atom is 0.255 e. The maximum atomic E-state index is 14.9. The lowest BCUT2D eigenvalue weighted by Gasteiger charge is -2.16. The van der Waals surface area contributed by atoms with Crippen LogP contribution in [0.2, 0.25) is 5.02 Å². The molecule has 4 rings (SSSR count). The van der Waals surface area contributed by atoms with Crippen LogP contribution in [-0.4, -0.2) is 54.5 Å². The van der Waals surface area contributed by atoms with Gasteiger partial charge >= 0.3 is 0 Å². The van der Waals surface area contributed by atoms with Gasteiger partial charge in [0.2, 0.25) is 17.7 Å². The van der Waals surface area contributed by atoms with E-state index in [-0.39, 0.29) is 30.1 Å². The molecule has 2 N–H and O–H groups in total. The number of aromatic nitrogens is 1. The average Bonchev–Trinajstić information content (AvgIpc) is 3.66. The van der Waals surface area contributed by atoms with Gasteiger partial charge in [-0.05, 0) is 42.5 Å². The van der Waals surface area contributed by atoms with Crippen LogP contribution in [0.4, 0.5) is 15.8 Å². The number of amides is 3. The highest BCUT2D eigenvalue weighted by Crippen LogP contribution is 2.49. The van der Waals surface area contributed by atoms with Crippen molar-refractivity contribution in [2.45, 2.75) is 0 Å². The molecule has 1 saturated carbocycles. The number of rotatable bonds is 9. The predicted molar refractivity (Wildman–Crippen MR) is 141 cm³/mol. The number of anilines is 2. The van der Waals surface area contributed by atoms with Crippen molar-refractivity contribution in [1.29, 1.82) is 0 Å². The molecule has 1 aliphatic carbocycles. The molecular formula is C27H26ClFN4O5. The number of carbonyl (C=O) groups excluding carboxylic acids is 3. The van der Waals surface area contributed by atoms with Crippen LogP contribution in [0.25, 0.3) is 5.69 Å². The first-order valence-corrected chi connectivity index (χ1v) is 12.2. The van der Waals surface area contributed by atoms with Crippen LogP contribution in [0.15, 0.2) is 71.7 Å². The Hall–Kier alpha value is -4.02. The number of ether oxygens (including phenoxy) is 1. The van der Waals surface area contributed by atoms with Crippen molar-refractivity contribution in [3.63, 3.8) is 0 Å². The molecule has 1 fully saturated rings. The molecule has 0 aliphatic heterocycles. The fraction of sp³-hybridized carbons (Fsp3) is 0.259. The SMILES string of the molecule is COCCN(C)C(=O)[C@H]1[C@H](C(=O)Nc2ccc(Cl)cc2)[C@@H]1C(=O)Nc1ccc(-n2ccccc2=O)cc1F. The second-order valence-electron chi connectivity index (χ2n) is 8.89. The summed E-state index contributed by atoms with van der Waals surface area (Å²) in [4.78, 5) is 52.7. The number of methoxy groups -OCH3 is 1. The lowest BCUT2D eigenvalue weighted by Crippen LogP contribution is -2.33. The van der Waals surface area contributed by atoms with E-state index < -0.39 is 41.3 Å². The van der Waals surface area contributed by atoms with Crippen molar-refractivity contribution >= 4 is 40.7 Å². The van der Waals surface area contributed by atoms with Crippen LogP contribution in [0, 0.1) is 23.6 Å². The van der Waals surface area contributed by atoms with Crippen LogP contribution in [0.3, 0.4) is 0 Å². The monoisotopic (exact) mass is 540 g/mol. The van der Waals surface area contributed by atoms with E-state index in [1.807, 2.05) is 0 Å². The quantitative estimate of drug-likeness (QED) is 0.433. The molecule has 0 saturated heterocycles. The molecule has 1 heterocycles. The third-order valence-corrected chi connectivity index (χ3v) is 6.59. The number of nitrogens with one attached hydrogen (secondary N) is 2. The number of pyridine rings is 1. The number of likely N-dealkylation sites (N-methyl/N-ethyl adjacent to an activating group) is 1. The molecule has 9 nitrogen and oxygen atoms in total. The van der Waals surface area contributed by atoms with Crippen molar-refractivity contribution in [1.82, 2.24) is 9.47 Å². The topological polar surface area (TPSA) is 110 Å². The van der Waals surface area contributed by atoms with Gasteiger partial charge in [0.25, 0.3) is 5.56 Å². The third kappa shape index (κ3) is 5.92. The number of hydrogen-bond donors (Lipinski definition) is 2. The molecule has 0 unspecified atom stereocenters. The molecule has 3 amide bonds. The largest absolute Gasteiger partial charge is 0.383 e. The van der Waals surface area contributed by atoms with Crippen molar-refractivity contribution in [3.8, 4) is 5.69 Å². The lowest BCUT2D eigenvalue weighted by atomic mass is 10.2. The van der Waals surface area contributed by atoms with E-state index in [9.17, 15) is 23.6 Å². The molecule has 3 aromatic rings. The zero-order valence-electron chi connectivity index (χ0n) is 20.7. The molecule has 11 heteroatoms. The lowest BCUT2D eigenvalue weighted by molar-refractivity contribution is -0.134. The van der Waals surface area contributed by atoms with Gasteiger partial charge in [0, 0.05) is 49.7 Å². The van der Waals surface area contributed by atoms with E-state index in [4.69, 9.17) is 16.3 Å². The van der Waals surface area contributed by atoms with Gasteiger partial charge < -0.3 is 20.3 Å². The molecule has 1 aliphatic rings. The zero-order chi connectivity index (χ0) is 27.4. The van der Waals surface area contributed by atoms with Gasteiger partial charge in [-0.15, -0.1) is 0 Å². The van der Waals surface area contributed by atoms with Gasteiger partial charge in [0.15, 0.2) is 0 Å². The molecule has 2 aromatic carbocycles. The van der Waals surface area contributed by atoms with E-state index in [0.717, 1.165) is 6.07 Å². The van der Waals surface area contributed by atoms with Gasteiger partial charge in [0.1, 0.15) is 5.82 Å². The van der Waals surface area contributed by atoms with Gasteiger partial charge in [0.05, 0.1) is 35.7 Å². The van der Waals surface area contributed by atoms with Crippen molar-refractivity contribution in [2.24, 2.45) is 17.8 Å². The highest BCUT2D eigenvalue weighted by atomic mass is 35.5. The highest BCUT2D eigenvalue weighted by Gasteiger charge is 2.63. The summed E-state index contributed by atoms with van der Waals surface area (Å²) in [5.41, 5.74) is 0.272. The van der Waals surface area contributed by atoms with Crippen LogP contribution in [-0.2, 0) is 19.1 Å². The summed E-state index contributed by atoms with van der Waals surface area (Å²) in [5, 5.41) is 5.69. The molecular weight excluding hydrogens is 515 g/mol. The van der Waals surface area contributed by atoms with Crippen molar-refractivity contribution in [2.75, 3.05) is 37.9 Å². The number of nitrogens with zero attached hydrogens (tertiary/aromatic N) is 2. The van der Waals surface area contributed by atoms with Crippen molar-refractivity contribution in [3.05, 3.63) is 88.1 Å².